The number of carbonyl (C=O) groups excluding carboxylic acids is 2. The Morgan fingerprint density at radius 2 is 1.96 bits per heavy atom. The van der Waals surface area contributed by atoms with Crippen LogP contribution < -0.4 is 11.1 Å². The molecule has 3 N–H and O–H groups in total. The van der Waals surface area contributed by atoms with Gasteiger partial charge in [0.25, 0.3) is 0 Å². The van der Waals surface area contributed by atoms with Gasteiger partial charge >= 0.3 is 0 Å². The van der Waals surface area contributed by atoms with Crippen molar-refractivity contribution < 1.29 is 9.59 Å². The highest BCUT2D eigenvalue weighted by Gasteiger charge is 2.23. The molecule has 0 fully saturated rings. The van der Waals surface area contributed by atoms with Gasteiger partial charge in [0, 0.05) is 25.2 Å². The first-order valence-electron chi connectivity index (χ1n) is 8.21. The molecule has 0 heterocycles. The van der Waals surface area contributed by atoms with E-state index in [1.807, 2.05) is 51.1 Å². The Labute approximate surface area is 144 Å². The average Bonchev–Trinajstić information content (AvgIpc) is 2.46. The van der Waals surface area contributed by atoms with Crippen molar-refractivity contribution in [2.24, 2.45) is 11.1 Å². The number of hydrogen-bond acceptors (Lipinski definition) is 3. The summed E-state index contributed by atoms with van der Waals surface area (Å²) in [5.74, 6) is -0.573. The minimum Gasteiger partial charge on any atom is -0.384 e. The van der Waals surface area contributed by atoms with Crippen LogP contribution >= 0.6 is 0 Å². The number of carbonyl (C=O) groups is 2. The van der Waals surface area contributed by atoms with Crippen LogP contribution in [0.1, 0.15) is 39.2 Å². The molecule has 0 aliphatic heterocycles. The van der Waals surface area contributed by atoms with Crippen molar-refractivity contribution in [2.75, 3.05) is 18.4 Å². The topological polar surface area (TPSA) is 75.4 Å². The fourth-order valence-corrected chi connectivity index (χ4v) is 2.33. The third-order valence-corrected chi connectivity index (χ3v) is 3.42. The summed E-state index contributed by atoms with van der Waals surface area (Å²) in [4.78, 5) is 25.5. The molecule has 0 bridgehead atoms. The number of hydrogen-bond donors (Lipinski definition) is 2. The van der Waals surface area contributed by atoms with E-state index in [1.54, 1.807) is 0 Å². The molecule has 0 saturated carbocycles. The van der Waals surface area contributed by atoms with Crippen LogP contribution in [0.3, 0.4) is 0 Å². The van der Waals surface area contributed by atoms with Crippen molar-refractivity contribution in [1.29, 1.82) is 0 Å². The zero-order valence-electron chi connectivity index (χ0n) is 15.0. The number of anilines is 1. The highest BCUT2D eigenvalue weighted by atomic mass is 16.2. The van der Waals surface area contributed by atoms with E-state index in [4.69, 9.17) is 5.73 Å². The highest BCUT2D eigenvalue weighted by molar-refractivity contribution is 5.84. The second-order valence-electron chi connectivity index (χ2n) is 7.11. The monoisotopic (exact) mass is 331 g/mol. The molecule has 1 aromatic rings. The van der Waals surface area contributed by atoms with Crippen LogP contribution in [0.2, 0.25) is 0 Å². The first kappa shape index (κ1) is 19.7. The van der Waals surface area contributed by atoms with Crippen LogP contribution in [0.5, 0.6) is 0 Å². The van der Waals surface area contributed by atoms with Gasteiger partial charge in [0.2, 0.25) is 11.8 Å². The number of nitrogens with one attached hydrogen (secondary N) is 1. The minimum absolute atomic E-state index is 0.0674. The molecule has 2 amide bonds. The molecular formula is C19H29N3O2. The third-order valence-electron chi connectivity index (χ3n) is 3.42. The number of nitrogens with zero attached hydrogens (tertiary/aromatic N) is 1. The predicted octanol–water partition coefficient (Wildman–Crippen LogP) is 2.92. The Bertz CT molecular complexity index is 576. The largest absolute Gasteiger partial charge is 0.384 e. The number of primary amides is 1. The Hall–Kier alpha value is -2.30. The molecule has 5 nitrogen and oxygen atoms in total. The van der Waals surface area contributed by atoms with E-state index in [-0.39, 0.29) is 17.9 Å². The lowest BCUT2D eigenvalue weighted by Crippen LogP contribution is -2.39. The van der Waals surface area contributed by atoms with Gasteiger partial charge in [0.1, 0.15) is 0 Å². The van der Waals surface area contributed by atoms with Crippen molar-refractivity contribution in [3.05, 3.63) is 42.5 Å². The number of para-hydroxylation sites is 1. The lowest BCUT2D eigenvalue weighted by Gasteiger charge is -2.26. The lowest BCUT2D eigenvalue weighted by atomic mass is 9.91. The van der Waals surface area contributed by atoms with Gasteiger partial charge in [-0.3, -0.25) is 9.59 Å². The number of benzene rings is 1. The third kappa shape index (κ3) is 7.31. The van der Waals surface area contributed by atoms with E-state index < -0.39 is 5.91 Å². The second-order valence-corrected chi connectivity index (χ2v) is 7.11. The standard InChI is InChI=1S/C19H29N3O2/c1-5-6-11-21-16-10-8-7-9-15(16)13-22(14-17(20)23)18(24)12-19(2,3)4/h5,7-10,21H,1,6,11-14H2,2-4H3,(H2,20,23). The van der Waals surface area contributed by atoms with Gasteiger partial charge in [-0.25, -0.2) is 0 Å². The second kappa shape index (κ2) is 9.11. The fourth-order valence-electron chi connectivity index (χ4n) is 2.33. The smallest absolute Gasteiger partial charge is 0.237 e. The summed E-state index contributed by atoms with van der Waals surface area (Å²) < 4.78 is 0. The zero-order chi connectivity index (χ0) is 18.2. The van der Waals surface area contributed by atoms with Crippen LogP contribution in [0, 0.1) is 5.41 Å². The molecule has 0 aromatic heterocycles. The summed E-state index contributed by atoms with van der Waals surface area (Å²) in [5.41, 5.74) is 7.10. The van der Waals surface area contributed by atoms with Gasteiger partial charge in [-0.2, -0.15) is 0 Å². The summed E-state index contributed by atoms with van der Waals surface area (Å²) >= 11 is 0. The number of amides is 2. The fraction of sp³-hybridized carbons (Fsp3) is 0.474. The van der Waals surface area contributed by atoms with Crippen molar-refractivity contribution in [3.8, 4) is 0 Å². The normalized spacial score (nSPS) is 11.0. The maximum absolute atomic E-state index is 12.6. The molecule has 0 spiro atoms. The highest BCUT2D eigenvalue weighted by Crippen LogP contribution is 2.22. The van der Waals surface area contributed by atoms with Crippen LogP contribution in [-0.2, 0) is 16.1 Å². The quantitative estimate of drug-likeness (QED) is 0.539. The maximum atomic E-state index is 12.6. The van der Waals surface area contributed by atoms with Crippen molar-refractivity contribution >= 4 is 17.5 Å². The zero-order valence-corrected chi connectivity index (χ0v) is 15.0. The molecule has 0 aliphatic carbocycles. The first-order valence-corrected chi connectivity index (χ1v) is 8.21. The van der Waals surface area contributed by atoms with E-state index in [0.717, 1.165) is 24.2 Å². The van der Waals surface area contributed by atoms with E-state index >= 15 is 0 Å². The van der Waals surface area contributed by atoms with Crippen LogP contribution in [-0.4, -0.2) is 29.8 Å². The molecule has 5 heteroatoms. The molecule has 0 aliphatic rings. The number of rotatable bonds is 9. The Balaban J connectivity index is 2.91. The molecule has 0 atom stereocenters. The molecule has 0 radical (unpaired) electrons. The summed E-state index contributed by atoms with van der Waals surface area (Å²) in [7, 11) is 0. The van der Waals surface area contributed by atoms with Crippen LogP contribution in [0.15, 0.2) is 36.9 Å². The van der Waals surface area contributed by atoms with E-state index in [0.29, 0.717) is 13.0 Å². The lowest BCUT2D eigenvalue weighted by molar-refractivity contribution is -0.137. The summed E-state index contributed by atoms with van der Waals surface area (Å²) in [6.07, 6.45) is 3.07. The van der Waals surface area contributed by atoms with E-state index in [9.17, 15) is 9.59 Å². The van der Waals surface area contributed by atoms with Gasteiger partial charge in [-0.15, -0.1) is 6.58 Å². The molecule has 0 unspecified atom stereocenters. The predicted molar refractivity (Wildman–Crippen MR) is 98.4 cm³/mol. The first-order chi connectivity index (χ1) is 11.2. The molecule has 0 saturated heterocycles. The van der Waals surface area contributed by atoms with Crippen molar-refractivity contribution in [1.82, 2.24) is 4.90 Å². The molecule has 132 valence electrons. The van der Waals surface area contributed by atoms with Gasteiger partial charge in [-0.05, 0) is 23.5 Å². The Morgan fingerprint density at radius 3 is 2.54 bits per heavy atom. The molecule has 1 aromatic carbocycles. The van der Waals surface area contributed by atoms with Gasteiger partial charge < -0.3 is 16.0 Å². The van der Waals surface area contributed by atoms with Crippen molar-refractivity contribution in [2.45, 2.75) is 40.2 Å². The number of nitrogens with two attached hydrogens (primary N) is 1. The summed E-state index contributed by atoms with van der Waals surface area (Å²) in [5, 5.41) is 3.33. The molecule has 24 heavy (non-hydrogen) atoms. The van der Waals surface area contributed by atoms with Crippen molar-refractivity contribution in [3.63, 3.8) is 0 Å². The minimum atomic E-state index is -0.505. The SMILES string of the molecule is C=CCCNc1ccccc1CN(CC(N)=O)C(=O)CC(C)(C)C. The molecular weight excluding hydrogens is 302 g/mol. The van der Waals surface area contributed by atoms with Gasteiger partial charge in [0.05, 0.1) is 6.54 Å². The van der Waals surface area contributed by atoms with Crippen LogP contribution in [0.25, 0.3) is 0 Å². The van der Waals surface area contributed by atoms with Gasteiger partial charge in [0.15, 0.2) is 0 Å². The van der Waals surface area contributed by atoms with Crippen LogP contribution in [0.4, 0.5) is 5.69 Å². The maximum Gasteiger partial charge on any atom is 0.237 e. The average molecular weight is 331 g/mol. The van der Waals surface area contributed by atoms with Gasteiger partial charge in [-0.1, -0.05) is 45.0 Å². The summed E-state index contributed by atoms with van der Waals surface area (Å²) in [6.45, 7) is 10.8. The Kier molecular flexibility index (Phi) is 7.49. The van der Waals surface area contributed by atoms with E-state index in [1.165, 1.54) is 4.90 Å². The Morgan fingerprint density at radius 1 is 1.29 bits per heavy atom. The van der Waals surface area contributed by atoms with E-state index in [2.05, 4.69) is 11.9 Å². The summed E-state index contributed by atoms with van der Waals surface area (Å²) in [6, 6.07) is 7.78. The molecule has 1 rings (SSSR count).